The van der Waals surface area contributed by atoms with Gasteiger partial charge in [-0.2, -0.15) is 0 Å². The van der Waals surface area contributed by atoms with E-state index in [0.717, 1.165) is 0 Å². The largest absolute Gasteiger partial charge is 0.495 e. The summed E-state index contributed by atoms with van der Waals surface area (Å²) in [6.07, 6.45) is -0.0628. The van der Waals surface area contributed by atoms with Crippen molar-refractivity contribution in [2.45, 2.75) is 20.3 Å². The van der Waals surface area contributed by atoms with Gasteiger partial charge in [0.15, 0.2) is 5.78 Å². The summed E-state index contributed by atoms with van der Waals surface area (Å²) in [5, 5.41) is 2.90. The lowest BCUT2D eigenvalue weighted by atomic mass is 10.1. The SMILES string of the molecule is COc1ccc(Cl)cc1N1CC(C(=O)Nc2oc(C)c(C(C)=O)c2C(N)=O)CC1=O. The molecule has 1 aromatic heterocycles. The molecule has 30 heavy (non-hydrogen) atoms. The van der Waals surface area contributed by atoms with Crippen LogP contribution in [-0.2, 0) is 9.59 Å². The van der Waals surface area contributed by atoms with Crippen LogP contribution in [-0.4, -0.2) is 37.2 Å². The van der Waals surface area contributed by atoms with Crippen LogP contribution < -0.4 is 20.7 Å². The summed E-state index contributed by atoms with van der Waals surface area (Å²) in [4.78, 5) is 50.4. The Labute approximate surface area is 177 Å². The zero-order valence-electron chi connectivity index (χ0n) is 16.6. The third kappa shape index (κ3) is 3.88. The van der Waals surface area contributed by atoms with E-state index in [-0.39, 0.29) is 41.6 Å². The highest BCUT2D eigenvalue weighted by atomic mass is 35.5. The zero-order valence-corrected chi connectivity index (χ0v) is 17.3. The van der Waals surface area contributed by atoms with Gasteiger partial charge in [0, 0.05) is 18.0 Å². The van der Waals surface area contributed by atoms with Gasteiger partial charge < -0.3 is 19.8 Å². The molecule has 3 N–H and O–H groups in total. The van der Waals surface area contributed by atoms with Crippen molar-refractivity contribution < 1.29 is 28.3 Å². The van der Waals surface area contributed by atoms with Crippen molar-refractivity contribution >= 4 is 46.7 Å². The molecule has 0 saturated carbocycles. The first kappa shape index (κ1) is 21.4. The van der Waals surface area contributed by atoms with Gasteiger partial charge in [-0.1, -0.05) is 11.6 Å². The summed E-state index contributed by atoms with van der Waals surface area (Å²) in [5.41, 5.74) is 5.66. The first-order valence-corrected chi connectivity index (χ1v) is 9.40. The van der Waals surface area contributed by atoms with E-state index < -0.39 is 23.5 Å². The van der Waals surface area contributed by atoms with Crippen molar-refractivity contribution in [2.24, 2.45) is 11.7 Å². The van der Waals surface area contributed by atoms with Gasteiger partial charge in [-0.15, -0.1) is 0 Å². The van der Waals surface area contributed by atoms with Crippen LogP contribution in [0.25, 0.3) is 0 Å². The molecule has 158 valence electrons. The lowest BCUT2D eigenvalue weighted by Gasteiger charge is -2.19. The molecule has 0 bridgehead atoms. The minimum atomic E-state index is -0.903. The number of nitrogens with one attached hydrogen (secondary N) is 1. The standard InChI is InChI=1S/C20H20ClN3O6/c1-9(25)16-10(2)30-20(17(16)18(22)27)23-19(28)11-6-15(26)24(8-11)13-7-12(21)4-5-14(13)29-3/h4-5,7,11H,6,8H2,1-3H3,(H2,22,27)(H,23,28). The lowest BCUT2D eigenvalue weighted by molar-refractivity contribution is -0.122. The number of nitrogens with two attached hydrogens (primary N) is 1. The number of hydrogen-bond donors (Lipinski definition) is 2. The Bertz CT molecular complexity index is 1060. The predicted molar refractivity (Wildman–Crippen MR) is 109 cm³/mol. The second-order valence-corrected chi connectivity index (χ2v) is 7.31. The molecule has 1 aliphatic rings. The molecule has 1 atom stereocenters. The Balaban J connectivity index is 1.84. The molecule has 1 saturated heterocycles. The Hall–Kier alpha value is -3.33. The van der Waals surface area contributed by atoms with E-state index in [1.807, 2.05) is 0 Å². The first-order valence-electron chi connectivity index (χ1n) is 9.02. The number of primary amides is 1. The Kier molecular flexibility index (Phi) is 5.84. The van der Waals surface area contributed by atoms with Gasteiger partial charge in [-0.3, -0.25) is 24.5 Å². The van der Waals surface area contributed by atoms with E-state index in [9.17, 15) is 19.2 Å². The van der Waals surface area contributed by atoms with E-state index >= 15 is 0 Å². The Morgan fingerprint density at radius 1 is 1.30 bits per heavy atom. The monoisotopic (exact) mass is 433 g/mol. The van der Waals surface area contributed by atoms with E-state index in [0.29, 0.717) is 16.5 Å². The molecule has 1 aliphatic heterocycles. The number of ether oxygens (including phenoxy) is 1. The number of aryl methyl sites for hydroxylation is 1. The van der Waals surface area contributed by atoms with E-state index in [2.05, 4.69) is 5.32 Å². The van der Waals surface area contributed by atoms with Gasteiger partial charge in [0.1, 0.15) is 17.1 Å². The van der Waals surface area contributed by atoms with Crippen LogP contribution in [0.4, 0.5) is 11.6 Å². The predicted octanol–water partition coefficient (Wildman–Crippen LogP) is 2.54. The molecule has 2 aromatic rings. The van der Waals surface area contributed by atoms with Crippen molar-refractivity contribution in [1.82, 2.24) is 0 Å². The van der Waals surface area contributed by atoms with E-state index in [1.165, 1.54) is 25.9 Å². The number of furan rings is 1. The topological polar surface area (TPSA) is 132 Å². The van der Waals surface area contributed by atoms with Gasteiger partial charge >= 0.3 is 0 Å². The summed E-state index contributed by atoms with van der Waals surface area (Å²) in [5.74, 6) is -2.48. The van der Waals surface area contributed by atoms with Gasteiger partial charge in [0.25, 0.3) is 5.91 Å². The summed E-state index contributed by atoms with van der Waals surface area (Å²) in [6, 6.07) is 4.84. The second kappa shape index (κ2) is 8.19. The van der Waals surface area contributed by atoms with Crippen LogP contribution in [0.3, 0.4) is 0 Å². The third-order valence-corrected chi connectivity index (χ3v) is 5.08. The molecular formula is C20H20ClN3O6. The smallest absolute Gasteiger partial charge is 0.255 e. The number of anilines is 2. The van der Waals surface area contributed by atoms with Crippen LogP contribution in [0.15, 0.2) is 22.6 Å². The molecule has 3 amide bonds. The second-order valence-electron chi connectivity index (χ2n) is 6.87. The quantitative estimate of drug-likeness (QED) is 0.673. The molecule has 9 nitrogen and oxygen atoms in total. The number of benzene rings is 1. The number of nitrogens with zero attached hydrogens (tertiary/aromatic N) is 1. The molecule has 1 fully saturated rings. The fourth-order valence-corrected chi connectivity index (χ4v) is 3.66. The average molecular weight is 434 g/mol. The summed E-state index contributed by atoms with van der Waals surface area (Å²) >= 11 is 6.04. The van der Waals surface area contributed by atoms with Crippen molar-refractivity contribution in [3.05, 3.63) is 40.1 Å². The summed E-state index contributed by atoms with van der Waals surface area (Å²) in [7, 11) is 1.47. The van der Waals surface area contributed by atoms with E-state index in [1.54, 1.807) is 18.2 Å². The van der Waals surface area contributed by atoms with Gasteiger partial charge in [-0.25, -0.2) is 0 Å². The number of ketones is 1. The molecule has 0 radical (unpaired) electrons. The van der Waals surface area contributed by atoms with Crippen molar-refractivity contribution in [3.8, 4) is 5.75 Å². The fraction of sp³-hybridized carbons (Fsp3) is 0.300. The zero-order chi connectivity index (χ0) is 22.2. The normalized spacial score (nSPS) is 15.9. The Morgan fingerprint density at radius 3 is 2.60 bits per heavy atom. The van der Waals surface area contributed by atoms with Crippen LogP contribution in [0.2, 0.25) is 5.02 Å². The first-order chi connectivity index (χ1) is 14.1. The number of rotatable bonds is 6. The number of Topliss-reactive ketones (excluding diaryl/α,β-unsaturated/α-hetero) is 1. The number of carbonyl (C=O) groups is 4. The third-order valence-electron chi connectivity index (χ3n) is 4.85. The average Bonchev–Trinajstić information content (AvgIpc) is 3.21. The molecule has 1 aromatic carbocycles. The highest BCUT2D eigenvalue weighted by molar-refractivity contribution is 6.31. The van der Waals surface area contributed by atoms with Crippen molar-refractivity contribution in [1.29, 1.82) is 0 Å². The fourth-order valence-electron chi connectivity index (χ4n) is 3.50. The molecule has 0 aliphatic carbocycles. The summed E-state index contributed by atoms with van der Waals surface area (Å²) < 4.78 is 10.7. The molecular weight excluding hydrogens is 414 g/mol. The van der Waals surface area contributed by atoms with Gasteiger partial charge in [0.05, 0.1) is 24.3 Å². The van der Waals surface area contributed by atoms with Crippen molar-refractivity contribution in [3.63, 3.8) is 0 Å². The Morgan fingerprint density at radius 2 is 2.00 bits per heavy atom. The van der Waals surface area contributed by atoms with Gasteiger partial charge in [0.2, 0.25) is 17.7 Å². The lowest BCUT2D eigenvalue weighted by Crippen LogP contribution is -2.29. The maximum atomic E-state index is 12.8. The minimum absolute atomic E-state index is 0.0191. The highest BCUT2D eigenvalue weighted by Crippen LogP contribution is 2.36. The number of carbonyl (C=O) groups excluding carboxylic acids is 4. The van der Waals surface area contributed by atoms with Crippen LogP contribution in [0, 0.1) is 12.8 Å². The number of amides is 3. The van der Waals surface area contributed by atoms with Crippen LogP contribution >= 0.6 is 11.6 Å². The van der Waals surface area contributed by atoms with Crippen molar-refractivity contribution in [2.75, 3.05) is 23.9 Å². The number of methoxy groups -OCH3 is 1. The minimum Gasteiger partial charge on any atom is -0.495 e. The molecule has 0 spiro atoms. The van der Waals surface area contributed by atoms with E-state index in [4.69, 9.17) is 26.5 Å². The summed E-state index contributed by atoms with van der Waals surface area (Å²) in [6.45, 7) is 2.83. The maximum Gasteiger partial charge on any atom is 0.255 e. The molecule has 10 heteroatoms. The molecule has 3 rings (SSSR count). The number of hydrogen-bond acceptors (Lipinski definition) is 6. The van der Waals surface area contributed by atoms with Crippen LogP contribution in [0.5, 0.6) is 5.75 Å². The maximum absolute atomic E-state index is 12.8. The highest BCUT2D eigenvalue weighted by Gasteiger charge is 2.37. The molecule has 1 unspecified atom stereocenters. The van der Waals surface area contributed by atoms with Crippen LogP contribution in [0.1, 0.15) is 39.8 Å². The molecule has 2 heterocycles. The van der Waals surface area contributed by atoms with Gasteiger partial charge in [-0.05, 0) is 32.0 Å². The number of halogens is 1.